The Hall–Kier alpha value is -1.59. The van der Waals surface area contributed by atoms with Gasteiger partial charge in [0.05, 0.1) is 12.2 Å². The number of nitrogens with one attached hydrogen (secondary N) is 1. The van der Waals surface area contributed by atoms with Crippen LogP contribution in [0.1, 0.15) is 18.1 Å². The second-order valence-corrected chi connectivity index (χ2v) is 2.92. The number of hydrogen-bond donors (Lipinski definition) is 1. The summed E-state index contributed by atoms with van der Waals surface area (Å²) in [6, 6.07) is 2.81. The lowest BCUT2D eigenvalue weighted by Gasteiger charge is -2.14. The Balaban J connectivity index is 3.29. The number of benzene rings is 1. The Morgan fingerprint density at radius 2 is 2.00 bits per heavy atom. The Morgan fingerprint density at radius 1 is 1.38 bits per heavy atom. The quantitative estimate of drug-likeness (QED) is 0.476. The molecule has 1 N–H and O–H groups in total. The molecule has 0 saturated heterocycles. The fraction of sp³-hybridized carbons (Fsp3) is 0.300. The summed E-state index contributed by atoms with van der Waals surface area (Å²) in [4.78, 5) is 0. The molecule has 0 saturated carbocycles. The number of alkyl halides is 3. The van der Waals surface area contributed by atoms with Gasteiger partial charge >= 0.3 is 6.18 Å². The maximum absolute atomic E-state index is 13.1. The van der Waals surface area contributed by atoms with Crippen molar-refractivity contribution in [3.05, 3.63) is 35.1 Å². The van der Waals surface area contributed by atoms with Crippen LogP contribution in [0.3, 0.4) is 0 Å². The summed E-state index contributed by atoms with van der Waals surface area (Å²) in [5.41, 5.74) is -2.05. The first kappa shape index (κ1) is 12.5. The van der Waals surface area contributed by atoms with Crippen LogP contribution < -0.4 is 0 Å². The fourth-order valence-electron chi connectivity index (χ4n) is 1.22. The van der Waals surface area contributed by atoms with Gasteiger partial charge in [0.15, 0.2) is 0 Å². The highest BCUT2D eigenvalue weighted by atomic mass is 19.4. The molecule has 1 aromatic rings. The predicted octanol–water partition coefficient (Wildman–Crippen LogP) is 3.21. The zero-order valence-corrected chi connectivity index (χ0v) is 8.36. The third-order valence-electron chi connectivity index (χ3n) is 1.83. The molecule has 0 aliphatic rings. The van der Waals surface area contributed by atoms with Gasteiger partial charge in [-0.25, -0.2) is 4.39 Å². The summed E-state index contributed by atoms with van der Waals surface area (Å²) in [7, 11) is 0. The summed E-state index contributed by atoms with van der Waals surface area (Å²) in [5, 5.41) is 7.26. The van der Waals surface area contributed by atoms with Gasteiger partial charge in [-0.15, -0.1) is 0 Å². The molecule has 0 spiro atoms. The lowest BCUT2D eigenvalue weighted by Crippen LogP contribution is -2.17. The summed E-state index contributed by atoms with van der Waals surface area (Å²) < 4.78 is 55.3. The monoisotopic (exact) mass is 235 g/mol. The second kappa shape index (κ2) is 4.51. The van der Waals surface area contributed by atoms with Crippen molar-refractivity contribution in [2.24, 2.45) is 0 Å². The van der Waals surface area contributed by atoms with Gasteiger partial charge in [0.1, 0.15) is 11.4 Å². The Kier molecular flexibility index (Phi) is 3.51. The highest BCUT2D eigenvalue weighted by Gasteiger charge is 2.38. The highest BCUT2D eigenvalue weighted by Crippen LogP contribution is 2.34. The van der Waals surface area contributed by atoms with Gasteiger partial charge in [-0.2, -0.15) is 13.2 Å². The topological polar surface area (TPSA) is 33.1 Å². The number of halogens is 4. The molecule has 0 atom stereocenters. The predicted molar refractivity (Wildman–Crippen MR) is 49.9 cm³/mol. The maximum Gasteiger partial charge on any atom is 0.420 e. The van der Waals surface area contributed by atoms with E-state index in [4.69, 9.17) is 5.41 Å². The van der Waals surface area contributed by atoms with Gasteiger partial charge < -0.3 is 4.74 Å². The smallest absolute Gasteiger partial charge is 0.420 e. The van der Waals surface area contributed by atoms with E-state index in [0.717, 1.165) is 12.1 Å². The molecule has 88 valence electrons. The van der Waals surface area contributed by atoms with Crippen LogP contribution in [0.4, 0.5) is 17.6 Å². The zero-order valence-electron chi connectivity index (χ0n) is 8.36. The van der Waals surface area contributed by atoms with Crippen molar-refractivity contribution in [1.29, 1.82) is 5.41 Å². The van der Waals surface area contributed by atoms with Crippen molar-refractivity contribution in [3.63, 3.8) is 0 Å². The normalized spacial score (nSPS) is 11.3. The van der Waals surface area contributed by atoms with Crippen LogP contribution in [0, 0.1) is 11.2 Å². The van der Waals surface area contributed by atoms with Crippen LogP contribution in [-0.2, 0) is 10.9 Å². The number of ether oxygens (including phenoxy) is 1. The fourth-order valence-corrected chi connectivity index (χ4v) is 1.22. The minimum atomic E-state index is -4.84. The van der Waals surface area contributed by atoms with E-state index in [1.165, 1.54) is 6.92 Å². The van der Waals surface area contributed by atoms with E-state index in [9.17, 15) is 17.6 Å². The van der Waals surface area contributed by atoms with Gasteiger partial charge in [0.2, 0.25) is 5.90 Å². The Labute approximate surface area is 89.4 Å². The van der Waals surface area contributed by atoms with Crippen molar-refractivity contribution in [2.45, 2.75) is 13.1 Å². The molecule has 0 unspecified atom stereocenters. The van der Waals surface area contributed by atoms with Gasteiger partial charge in [-0.05, 0) is 19.1 Å². The first-order chi connectivity index (χ1) is 7.38. The van der Waals surface area contributed by atoms with Crippen LogP contribution in [0.2, 0.25) is 0 Å². The molecule has 0 fully saturated rings. The van der Waals surface area contributed by atoms with E-state index >= 15 is 0 Å². The summed E-state index contributed by atoms with van der Waals surface area (Å²) in [6.45, 7) is 1.58. The van der Waals surface area contributed by atoms with Gasteiger partial charge in [-0.3, -0.25) is 5.41 Å². The maximum atomic E-state index is 13.1. The van der Waals surface area contributed by atoms with E-state index in [0.29, 0.717) is 6.07 Å². The molecule has 1 aromatic carbocycles. The largest absolute Gasteiger partial charge is 0.478 e. The van der Waals surface area contributed by atoms with Crippen molar-refractivity contribution < 1.29 is 22.3 Å². The van der Waals surface area contributed by atoms with Gasteiger partial charge in [0, 0.05) is 0 Å². The summed E-state index contributed by atoms with van der Waals surface area (Å²) in [5.74, 6) is -2.09. The van der Waals surface area contributed by atoms with Gasteiger partial charge in [0.25, 0.3) is 0 Å². The molecule has 0 radical (unpaired) electrons. The van der Waals surface area contributed by atoms with E-state index in [-0.39, 0.29) is 6.61 Å². The van der Waals surface area contributed by atoms with Crippen molar-refractivity contribution in [2.75, 3.05) is 6.61 Å². The summed E-state index contributed by atoms with van der Waals surface area (Å²) >= 11 is 0. The van der Waals surface area contributed by atoms with Crippen molar-refractivity contribution in [3.8, 4) is 0 Å². The van der Waals surface area contributed by atoms with Crippen molar-refractivity contribution >= 4 is 5.90 Å². The molecular formula is C10H9F4NO. The van der Waals surface area contributed by atoms with Crippen LogP contribution in [0.25, 0.3) is 0 Å². The molecular weight excluding hydrogens is 226 g/mol. The van der Waals surface area contributed by atoms with Crippen LogP contribution in [0.15, 0.2) is 18.2 Å². The Morgan fingerprint density at radius 3 is 2.50 bits per heavy atom. The molecule has 0 bridgehead atoms. The second-order valence-electron chi connectivity index (χ2n) is 2.92. The van der Waals surface area contributed by atoms with E-state index < -0.39 is 29.0 Å². The molecule has 0 amide bonds. The standard InChI is InChI=1S/C10H9F4NO/c1-2-16-9(15)6-4-3-5-7(11)8(6)10(12,13)14/h3-5,15H,2H2,1H3. The molecule has 6 heteroatoms. The van der Waals surface area contributed by atoms with Crippen LogP contribution in [-0.4, -0.2) is 12.5 Å². The van der Waals surface area contributed by atoms with E-state index in [1.807, 2.05) is 0 Å². The molecule has 16 heavy (non-hydrogen) atoms. The Bertz CT molecular complexity index is 400. The third-order valence-corrected chi connectivity index (χ3v) is 1.83. The average molecular weight is 235 g/mol. The number of rotatable bonds is 2. The minimum absolute atomic E-state index is 0.0483. The minimum Gasteiger partial charge on any atom is -0.478 e. The van der Waals surface area contributed by atoms with E-state index in [1.54, 1.807) is 0 Å². The molecule has 0 heterocycles. The third kappa shape index (κ3) is 2.50. The lowest BCUT2D eigenvalue weighted by molar-refractivity contribution is -0.140. The first-order valence-electron chi connectivity index (χ1n) is 4.45. The molecule has 2 nitrogen and oxygen atoms in total. The highest BCUT2D eigenvalue weighted by molar-refractivity contribution is 5.93. The lowest BCUT2D eigenvalue weighted by atomic mass is 10.1. The van der Waals surface area contributed by atoms with E-state index in [2.05, 4.69) is 4.74 Å². The van der Waals surface area contributed by atoms with Crippen LogP contribution in [0.5, 0.6) is 0 Å². The van der Waals surface area contributed by atoms with Gasteiger partial charge in [-0.1, -0.05) is 6.07 Å². The van der Waals surface area contributed by atoms with Crippen LogP contribution >= 0.6 is 0 Å². The molecule has 0 aromatic heterocycles. The summed E-state index contributed by atoms with van der Waals surface area (Å²) in [6.07, 6.45) is -4.84. The first-order valence-corrected chi connectivity index (χ1v) is 4.45. The van der Waals surface area contributed by atoms with Crippen molar-refractivity contribution in [1.82, 2.24) is 0 Å². The molecule has 0 aliphatic heterocycles. The number of hydrogen-bond acceptors (Lipinski definition) is 2. The molecule has 1 rings (SSSR count). The zero-order chi connectivity index (χ0) is 12.3. The molecule has 0 aliphatic carbocycles. The SMILES string of the molecule is CCOC(=N)c1cccc(F)c1C(F)(F)F. The average Bonchev–Trinajstić information content (AvgIpc) is 2.15.